The first-order valence-corrected chi connectivity index (χ1v) is 20.4. The highest BCUT2D eigenvalue weighted by molar-refractivity contribution is 6.23. The fourth-order valence-corrected chi connectivity index (χ4v) is 9.12. The van der Waals surface area contributed by atoms with E-state index in [-0.39, 0.29) is 59.4 Å². The Morgan fingerprint density at radius 3 is 2.38 bits per heavy atom. The smallest absolute Gasteiger partial charge is 0.342 e. The molecule has 1 atom stereocenters. The molecule has 0 radical (unpaired) electrons. The third-order valence-corrected chi connectivity index (χ3v) is 12.6. The highest BCUT2D eigenvalue weighted by Crippen LogP contribution is 2.40. The van der Waals surface area contributed by atoms with Gasteiger partial charge in [-0.2, -0.15) is 13.8 Å². The maximum atomic E-state index is 15.0. The largest absolute Gasteiger partial charge is 0.495 e. The minimum atomic E-state index is -3.59. The Morgan fingerprint density at radius 2 is 1.66 bits per heavy atom. The van der Waals surface area contributed by atoms with E-state index in [2.05, 4.69) is 35.8 Å². The van der Waals surface area contributed by atoms with Crippen LogP contribution in [0.15, 0.2) is 42.6 Å². The molecule has 3 aromatic rings. The summed E-state index contributed by atoms with van der Waals surface area (Å²) in [6.07, 6.45) is 4.77. The second kappa shape index (κ2) is 15.6. The van der Waals surface area contributed by atoms with Gasteiger partial charge in [-0.3, -0.25) is 49.3 Å². The van der Waals surface area contributed by atoms with E-state index >= 15 is 8.78 Å². The molecule has 2 aromatic carbocycles. The van der Waals surface area contributed by atoms with Crippen LogP contribution in [0.2, 0.25) is 0 Å². The summed E-state index contributed by atoms with van der Waals surface area (Å²) in [5.41, 5.74) is 5.29. The van der Waals surface area contributed by atoms with E-state index in [4.69, 9.17) is 4.74 Å². The summed E-state index contributed by atoms with van der Waals surface area (Å²) in [5.74, 6) is -6.65. The van der Waals surface area contributed by atoms with Crippen LogP contribution in [0.1, 0.15) is 69.6 Å². The quantitative estimate of drug-likeness (QED) is 0.266. The van der Waals surface area contributed by atoms with Gasteiger partial charge in [0.2, 0.25) is 17.8 Å². The van der Waals surface area contributed by atoms with Gasteiger partial charge in [0.05, 0.1) is 36.7 Å². The lowest BCUT2D eigenvalue weighted by atomic mass is 10.0. The maximum Gasteiger partial charge on any atom is 0.342 e. The SMILES string of the molecule is COc1cc(C(=O)NN2CCN(C3CN(c4ccc5c(c4)C(=O)N(C4CCC(=O)NC4=O)C5=O)C3)CC2)ccc1Nc1ncc2c(n1)N(C1CCCC1)CC(F)(F)C(=O)N2C. The molecule has 18 nitrogen and oxygen atoms in total. The molecule has 320 valence electrons. The Morgan fingerprint density at radius 1 is 0.918 bits per heavy atom. The summed E-state index contributed by atoms with van der Waals surface area (Å²) in [4.78, 5) is 93.4. The molecule has 1 saturated carbocycles. The van der Waals surface area contributed by atoms with Crippen LogP contribution in [-0.2, 0) is 14.4 Å². The van der Waals surface area contributed by atoms with Gasteiger partial charge in [0, 0.05) is 76.1 Å². The lowest BCUT2D eigenvalue weighted by molar-refractivity contribution is -0.140. The summed E-state index contributed by atoms with van der Waals surface area (Å²) in [6, 6.07) is 9.07. The van der Waals surface area contributed by atoms with Crippen molar-refractivity contribution in [1.29, 1.82) is 0 Å². The van der Waals surface area contributed by atoms with Crippen molar-refractivity contribution in [2.45, 2.75) is 62.6 Å². The number of carbonyl (C=O) groups is 6. The number of hydrogen-bond donors (Lipinski definition) is 3. The molecular weight excluding hydrogens is 797 g/mol. The van der Waals surface area contributed by atoms with Crippen molar-refractivity contribution in [3.63, 3.8) is 0 Å². The topological polar surface area (TPSA) is 193 Å². The molecule has 4 fully saturated rings. The monoisotopic (exact) mass is 841 g/mol. The van der Waals surface area contributed by atoms with E-state index in [1.54, 1.807) is 36.4 Å². The van der Waals surface area contributed by atoms with E-state index in [1.165, 1.54) is 25.3 Å². The number of carbonyl (C=O) groups excluding carboxylic acids is 6. The maximum absolute atomic E-state index is 15.0. The summed E-state index contributed by atoms with van der Waals surface area (Å²) < 4.78 is 35.7. The number of piperidine rings is 1. The van der Waals surface area contributed by atoms with Crippen LogP contribution in [0, 0.1) is 0 Å². The number of rotatable bonds is 9. The molecule has 20 heteroatoms. The number of hydrogen-bond acceptors (Lipinski definition) is 14. The summed E-state index contributed by atoms with van der Waals surface area (Å²) >= 11 is 0. The Kier molecular flexibility index (Phi) is 10.3. The number of fused-ring (bicyclic) bond motifs is 2. The van der Waals surface area contributed by atoms with Gasteiger partial charge >= 0.3 is 5.92 Å². The van der Waals surface area contributed by atoms with Crippen LogP contribution in [-0.4, -0.2) is 144 Å². The molecule has 5 aliphatic heterocycles. The second-order valence-corrected chi connectivity index (χ2v) is 16.3. The van der Waals surface area contributed by atoms with Gasteiger partial charge < -0.3 is 24.8 Å². The lowest BCUT2D eigenvalue weighted by Crippen LogP contribution is -2.64. The van der Waals surface area contributed by atoms with Crippen LogP contribution in [0.3, 0.4) is 0 Å². The van der Waals surface area contributed by atoms with Gasteiger partial charge in [0.15, 0.2) is 5.82 Å². The Hall–Kier alpha value is -6.28. The van der Waals surface area contributed by atoms with Gasteiger partial charge in [0.25, 0.3) is 23.6 Å². The summed E-state index contributed by atoms with van der Waals surface area (Å²) in [7, 11) is 2.77. The molecule has 6 amide bonds. The zero-order valence-electron chi connectivity index (χ0n) is 33.7. The Bertz CT molecular complexity index is 2330. The van der Waals surface area contributed by atoms with E-state index in [9.17, 15) is 28.8 Å². The highest BCUT2D eigenvalue weighted by atomic mass is 19.3. The van der Waals surface area contributed by atoms with Crippen molar-refractivity contribution in [2.75, 3.05) is 80.0 Å². The molecule has 6 aliphatic rings. The van der Waals surface area contributed by atoms with Crippen molar-refractivity contribution in [2.24, 2.45) is 0 Å². The zero-order valence-corrected chi connectivity index (χ0v) is 33.7. The van der Waals surface area contributed by atoms with Crippen LogP contribution in [0.4, 0.5) is 37.6 Å². The highest BCUT2D eigenvalue weighted by Gasteiger charge is 2.49. The fourth-order valence-electron chi connectivity index (χ4n) is 9.12. The van der Waals surface area contributed by atoms with E-state index in [0.29, 0.717) is 56.3 Å². The Labute approximate surface area is 349 Å². The molecule has 3 N–H and O–H groups in total. The van der Waals surface area contributed by atoms with Crippen molar-refractivity contribution in [1.82, 2.24) is 35.5 Å². The number of amides is 6. The second-order valence-electron chi connectivity index (χ2n) is 16.3. The molecule has 1 aromatic heterocycles. The predicted molar refractivity (Wildman–Crippen MR) is 216 cm³/mol. The minimum Gasteiger partial charge on any atom is -0.495 e. The number of nitrogens with one attached hydrogen (secondary N) is 3. The number of piperazine rings is 1. The zero-order chi connectivity index (χ0) is 42.7. The number of halogens is 2. The average Bonchev–Trinajstić information content (AvgIpc) is 3.84. The molecule has 0 bridgehead atoms. The molecule has 3 saturated heterocycles. The Balaban J connectivity index is 0.787. The molecule has 1 aliphatic carbocycles. The number of alkyl halides is 2. The van der Waals surface area contributed by atoms with Gasteiger partial charge in [0.1, 0.15) is 17.5 Å². The number of methoxy groups -OCH3 is 1. The number of hydrazine groups is 1. The van der Waals surface area contributed by atoms with Crippen molar-refractivity contribution in [3.05, 3.63) is 59.3 Å². The van der Waals surface area contributed by atoms with Crippen LogP contribution in [0.25, 0.3) is 0 Å². The normalized spacial score (nSPS) is 22.5. The van der Waals surface area contributed by atoms with Crippen molar-refractivity contribution in [3.8, 4) is 5.75 Å². The van der Waals surface area contributed by atoms with Crippen LogP contribution >= 0.6 is 0 Å². The predicted octanol–water partition coefficient (Wildman–Crippen LogP) is 2.14. The van der Waals surface area contributed by atoms with Gasteiger partial charge in [-0.15, -0.1) is 0 Å². The van der Waals surface area contributed by atoms with Gasteiger partial charge in [-0.25, -0.2) is 9.99 Å². The minimum absolute atomic E-state index is 0.0585. The van der Waals surface area contributed by atoms with E-state index in [0.717, 1.165) is 41.2 Å². The standard InChI is InChI=1S/C41H45F2N11O7/c1-49-31-19-44-40(47-34(31)53(24-5-3-4-6-24)22-41(42,43)39(49)60)45-29-10-7-23(17-32(29)61-2)35(56)48-52-15-13-50(14-16-52)26-20-51(21-26)25-8-9-27-28(18-25)38(59)54(37(27)58)30-11-12-33(55)46-36(30)57/h7-10,17-19,24,26,30H,3-6,11-16,20-22H2,1-2H3,(H,48,56)(H,44,45,47)(H,46,55,57). The molecule has 6 heterocycles. The first-order valence-electron chi connectivity index (χ1n) is 20.4. The first-order chi connectivity index (χ1) is 29.3. The number of benzene rings is 2. The van der Waals surface area contributed by atoms with Crippen molar-refractivity contribution >= 4 is 64.3 Å². The van der Waals surface area contributed by atoms with E-state index < -0.39 is 48.0 Å². The third kappa shape index (κ3) is 7.36. The number of anilines is 5. The van der Waals surface area contributed by atoms with Crippen LogP contribution in [0.5, 0.6) is 5.75 Å². The molecule has 9 rings (SSSR count). The molecular formula is C41H45F2N11O7. The van der Waals surface area contributed by atoms with Gasteiger partial charge in [-0.05, 0) is 55.7 Å². The number of imide groups is 2. The summed E-state index contributed by atoms with van der Waals surface area (Å²) in [6.45, 7) is 3.26. The van der Waals surface area contributed by atoms with Gasteiger partial charge in [-0.1, -0.05) is 12.8 Å². The number of ether oxygens (including phenoxy) is 1. The first kappa shape index (κ1) is 40.1. The molecule has 0 spiro atoms. The average molecular weight is 842 g/mol. The number of aromatic nitrogens is 2. The number of nitrogens with zero attached hydrogens (tertiary/aromatic N) is 8. The van der Waals surface area contributed by atoms with E-state index in [1.807, 2.05) is 5.01 Å². The van der Waals surface area contributed by atoms with Crippen LogP contribution < -0.4 is 35.5 Å². The molecule has 61 heavy (non-hydrogen) atoms. The fraction of sp³-hybridized carbons (Fsp3) is 0.463. The van der Waals surface area contributed by atoms with Crippen molar-refractivity contribution < 1.29 is 42.3 Å². The molecule has 1 unspecified atom stereocenters. The summed E-state index contributed by atoms with van der Waals surface area (Å²) in [5, 5.41) is 7.19. The lowest BCUT2D eigenvalue weighted by Gasteiger charge is -2.49. The third-order valence-electron chi connectivity index (χ3n) is 12.6.